The minimum absolute atomic E-state index is 0.237. The molecule has 0 saturated heterocycles. The summed E-state index contributed by atoms with van der Waals surface area (Å²) in [6.45, 7) is 1.76. The highest BCUT2D eigenvalue weighted by molar-refractivity contribution is 5.64. The summed E-state index contributed by atoms with van der Waals surface area (Å²) in [6.07, 6.45) is 8.88. The minimum Gasteiger partial charge on any atom is -0.306 e. The number of hydrogen-bond donors (Lipinski definition) is 0. The molecule has 26 heavy (non-hydrogen) atoms. The first-order valence-electron chi connectivity index (χ1n) is 8.82. The van der Waals surface area contributed by atoms with Crippen molar-refractivity contribution in [2.24, 2.45) is 5.92 Å². The molecule has 4 aromatic rings. The van der Waals surface area contributed by atoms with Crippen LogP contribution in [0.15, 0.2) is 49.1 Å². The smallest absolute Gasteiger partial charge is 0.163 e. The van der Waals surface area contributed by atoms with E-state index in [0.717, 1.165) is 29.1 Å². The number of aromatic nitrogens is 5. The molecule has 0 amide bonds. The second kappa shape index (κ2) is 5.76. The number of rotatable bonds is 4. The molecule has 1 saturated carbocycles. The fourth-order valence-electron chi connectivity index (χ4n) is 3.16. The summed E-state index contributed by atoms with van der Waals surface area (Å²) in [5.74, 6) is 1.99. The van der Waals surface area contributed by atoms with E-state index >= 15 is 0 Å². The Morgan fingerprint density at radius 2 is 2.08 bits per heavy atom. The lowest BCUT2D eigenvalue weighted by Crippen LogP contribution is -2.01. The predicted octanol–water partition coefficient (Wildman–Crippen LogP) is 3.98. The van der Waals surface area contributed by atoms with Crippen molar-refractivity contribution in [3.63, 3.8) is 0 Å². The van der Waals surface area contributed by atoms with Crippen LogP contribution >= 0.6 is 0 Å². The van der Waals surface area contributed by atoms with Crippen molar-refractivity contribution in [3.05, 3.63) is 66.3 Å². The Balaban J connectivity index is 1.66. The van der Waals surface area contributed by atoms with Crippen molar-refractivity contribution in [1.29, 1.82) is 0 Å². The summed E-state index contributed by atoms with van der Waals surface area (Å²) >= 11 is 0. The fraction of sp³-hybridized carbons (Fsp3) is 0.250. The van der Waals surface area contributed by atoms with Gasteiger partial charge in [0.2, 0.25) is 0 Å². The van der Waals surface area contributed by atoms with Crippen LogP contribution in [-0.2, 0) is 6.42 Å². The summed E-state index contributed by atoms with van der Waals surface area (Å²) in [6, 6.07) is 9.19. The van der Waals surface area contributed by atoms with Gasteiger partial charge in [-0.1, -0.05) is 6.07 Å². The molecular formula is C20H18FN5. The average molecular weight is 347 g/mol. The number of benzene rings is 1. The molecule has 3 aromatic heterocycles. The molecule has 5 rings (SSSR count). The summed E-state index contributed by atoms with van der Waals surface area (Å²) < 4.78 is 17.8. The van der Waals surface area contributed by atoms with Crippen molar-refractivity contribution in [3.8, 4) is 17.1 Å². The maximum absolute atomic E-state index is 14.1. The second-order valence-electron chi connectivity index (χ2n) is 6.99. The van der Waals surface area contributed by atoms with E-state index in [1.807, 2.05) is 28.8 Å². The van der Waals surface area contributed by atoms with Gasteiger partial charge in [-0.15, -0.1) is 0 Å². The number of hydrogen-bond acceptors (Lipinski definition) is 3. The second-order valence-corrected chi connectivity index (χ2v) is 6.99. The van der Waals surface area contributed by atoms with Gasteiger partial charge < -0.3 is 4.40 Å². The number of halogens is 1. The van der Waals surface area contributed by atoms with E-state index in [2.05, 4.69) is 4.98 Å². The maximum atomic E-state index is 14.1. The van der Waals surface area contributed by atoms with E-state index in [1.165, 1.54) is 18.9 Å². The van der Waals surface area contributed by atoms with Gasteiger partial charge in [0, 0.05) is 18.2 Å². The zero-order valence-corrected chi connectivity index (χ0v) is 14.4. The van der Waals surface area contributed by atoms with Gasteiger partial charge in [0.1, 0.15) is 5.82 Å². The Kier molecular flexibility index (Phi) is 3.38. The molecule has 130 valence electrons. The van der Waals surface area contributed by atoms with Crippen LogP contribution < -0.4 is 0 Å². The van der Waals surface area contributed by atoms with Gasteiger partial charge >= 0.3 is 0 Å². The van der Waals surface area contributed by atoms with Crippen molar-refractivity contribution in [2.75, 3.05) is 0 Å². The van der Waals surface area contributed by atoms with Crippen LogP contribution in [0.25, 0.3) is 22.6 Å². The van der Waals surface area contributed by atoms with Crippen molar-refractivity contribution in [1.82, 2.24) is 24.1 Å². The summed E-state index contributed by atoms with van der Waals surface area (Å²) in [5.41, 5.74) is 3.23. The standard InChI is InChI=1S/C20H18FN5/c1-13-2-5-16(10-18(13)21)26-20(23-19(24-26)8-14-3-4-14)15-6-7-25-12-22-11-17(25)9-15/h2,5-7,9-12,14H,3-4,8H2,1H3. The lowest BCUT2D eigenvalue weighted by Gasteiger charge is -2.07. The van der Waals surface area contributed by atoms with E-state index in [0.29, 0.717) is 17.2 Å². The third-order valence-electron chi connectivity index (χ3n) is 4.89. The molecule has 0 atom stereocenters. The molecule has 0 spiro atoms. The van der Waals surface area contributed by atoms with Gasteiger partial charge in [-0.3, -0.25) is 0 Å². The highest BCUT2D eigenvalue weighted by atomic mass is 19.1. The quantitative estimate of drug-likeness (QED) is 0.561. The van der Waals surface area contributed by atoms with Gasteiger partial charge in [-0.25, -0.2) is 19.0 Å². The summed E-state index contributed by atoms with van der Waals surface area (Å²) in [5, 5.41) is 4.69. The van der Waals surface area contributed by atoms with Gasteiger partial charge in [0.25, 0.3) is 0 Å². The summed E-state index contributed by atoms with van der Waals surface area (Å²) in [7, 11) is 0. The largest absolute Gasteiger partial charge is 0.306 e. The zero-order valence-electron chi connectivity index (χ0n) is 14.4. The first kappa shape index (κ1) is 15.3. The van der Waals surface area contributed by atoms with Gasteiger partial charge in [0.15, 0.2) is 11.6 Å². The molecule has 1 aliphatic rings. The molecule has 0 bridgehead atoms. The van der Waals surface area contributed by atoms with E-state index in [4.69, 9.17) is 10.1 Å². The lowest BCUT2D eigenvalue weighted by molar-refractivity contribution is 0.616. The first-order chi connectivity index (χ1) is 12.7. The molecule has 0 aliphatic heterocycles. The van der Waals surface area contributed by atoms with E-state index < -0.39 is 0 Å². The summed E-state index contributed by atoms with van der Waals surface area (Å²) in [4.78, 5) is 8.94. The average Bonchev–Trinajstić information content (AvgIpc) is 3.17. The van der Waals surface area contributed by atoms with Gasteiger partial charge in [-0.2, -0.15) is 5.10 Å². The number of imidazole rings is 1. The van der Waals surface area contributed by atoms with Crippen molar-refractivity contribution < 1.29 is 4.39 Å². The Morgan fingerprint density at radius 1 is 1.19 bits per heavy atom. The van der Waals surface area contributed by atoms with Crippen LogP contribution in [-0.4, -0.2) is 24.1 Å². The Hall–Kier alpha value is -3.02. The minimum atomic E-state index is -0.237. The normalized spacial score (nSPS) is 14.2. The SMILES string of the molecule is Cc1ccc(-n2nc(CC3CC3)nc2-c2ccn3cncc3c2)cc1F. The predicted molar refractivity (Wildman–Crippen MR) is 96.7 cm³/mol. The monoisotopic (exact) mass is 347 g/mol. The van der Waals surface area contributed by atoms with Crippen molar-refractivity contribution in [2.45, 2.75) is 26.2 Å². The first-order valence-corrected chi connectivity index (χ1v) is 8.82. The molecule has 3 heterocycles. The Bertz CT molecular complexity index is 1110. The third kappa shape index (κ3) is 2.67. The van der Waals surface area contributed by atoms with Crippen LogP contribution in [0.4, 0.5) is 4.39 Å². The molecule has 0 radical (unpaired) electrons. The highest BCUT2D eigenvalue weighted by Gasteiger charge is 2.25. The van der Waals surface area contributed by atoms with Crippen LogP contribution in [0, 0.1) is 18.7 Å². The number of aryl methyl sites for hydroxylation is 1. The van der Waals surface area contributed by atoms with Gasteiger partial charge in [0.05, 0.1) is 23.7 Å². The number of pyridine rings is 1. The van der Waals surface area contributed by atoms with E-state index in [9.17, 15) is 4.39 Å². The molecule has 5 nitrogen and oxygen atoms in total. The Morgan fingerprint density at radius 3 is 2.88 bits per heavy atom. The molecule has 1 aliphatic carbocycles. The molecule has 1 fully saturated rings. The van der Waals surface area contributed by atoms with Crippen LogP contribution in [0.1, 0.15) is 24.2 Å². The number of nitrogens with zero attached hydrogens (tertiary/aromatic N) is 5. The van der Waals surface area contributed by atoms with E-state index in [-0.39, 0.29) is 5.82 Å². The maximum Gasteiger partial charge on any atom is 0.163 e. The van der Waals surface area contributed by atoms with Gasteiger partial charge in [-0.05, 0) is 55.5 Å². The van der Waals surface area contributed by atoms with Crippen LogP contribution in [0.3, 0.4) is 0 Å². The van der Waals surface area contributed by atoms with Crippen LogP contribution in [0.2, 0.25) is 0 Å². The molecule has 0 unspecified atom stereocenters. The molecule has 0 N–H and O–H groups in total. The highest BCUT2D eigenvalue weighted by Crippen LogP contribution is 2.33. The topological polar surface area (TPSA) is 48.0 Å². The van der Waals surface area contributed by atoms with Crippen LogP contribution in [0.5, 0.6) is 0 Å². The molecular weight excluding hydrogens is 329 g/mol. The lowest BCUT2D eigenvalue weighted by atomic mass is 10.2. The molecule has 6 heteroatoms. The number of fused-ring (bicyclic) bond motifs is 1. The van der Waals surface area contributed by atoms with E-state index in [1.54, 1.807) is 30.2 Å². The molecule has 1 aromatic carbocycles. The third-order valence-corrected chi connectivity index (χ3v) is 4.89. The Labute approximate surface area is 150 Å². The van der Waals surface area contributed by atoms with Crippen molar-refractivity contribution >= 4 is 5.52 Å². The fourth-order valence-corrected chi connectivity index (χ4v) is 3.16. The zero-order chi connectivity index (χ0) is 17.7.